The molecule has 4 nitrogen and oxygen atoms in total. The van der Waals surface area contributed by atoms with Gasteiger partial charge in [0.15, 0.2) is 0 Å². The molecule has 0 spiro atoms. The number of aromatic nitrogens is 2. The van der Waals surface area contributed by atoms with Crippen molar-refractivity contribution in [3.63, 3.8) is 0 Å². The predicted molar refractivity (Wildman–Crippen MR) is 77.0 cm³/mol. The molecule has 2 rings (SSSR count). The highest BCUT2D eigenvalue weighted by atomic mass is 32.2. The van der Waals surface area contributed by atoms with E-state index in [1.54, 1.807) is 17.8 Å². The molecule has 2 N–H and O–H groups in total. The molecule has 0 saturated carbocycles. The van der Waals surface area contributed by atoms with Crippen LogP contribution in [0, 0.1) is 5.82 Å². The summed E-state index contributed by atoms with van der Waals surface area (Å²) in [5, 5.41) is 13.0. The van der Waals surface area contributed by atoms with Gasteiger partial charge in [-0.25, -0.2) is 14.4 Å². The Morgan fingerprint density at radius 1 is 1.42 bits per heavy atom. The third kappa shape index (κ3) is 3.54. The number of halogens is 1. The molecule has 1 heterocycles. The zero-order valence-electron chi connectivity index (χ0n) is 10.6. The number of aliphatic hydroxyl groups is 1. The summed E-state index contributed by atoms with van der Waals surface area (Å²) in [6, 6.07) is 4.54. The summed E-state index contributed by atoms with van der Waals surface area (Å²) in [5.74, 6) is 1.15. The van der Waals surface area contributed by atoms with Crippen LogP contribution in [-0.4, -0.2) is 39.7 Å². The molecule has 1 aromatic heterocycles. The molecule has 0 aliphatic rings. The van der Waals surface area contributed by atoms with E-state index in [1.165, 1.54) is 18.5 Å². The van der Waals surface area contributed by atoms with Crippen LogP contribution in [0.2, 0.25) is 0 Å². The molecule has 0 saturated heterocycles. The zero-order chi connectivity index (χ0) is 13.7. The minimum atomic E-state index is -0.311. The fourth-order valence-electron chi connectivity index (χ4n) is 1.89. The maximum atomic E-state index is 13.3. The molecule has 6 heteroatoms. The Kier molecular flexibility index (Phi) is 4.93. The zero-order valence-corrected chi connectivity index (χ0v) is 11.5. The second-order valence-corrected chi connectivity index (χ2v) is 5.10. The fourth-order valence-corrected chi connectivity index (χ4v) is 2.54. The predicted octanol–water partition coefficient (Wildman–Crippen LogP) is 2.29. The maximum Gasteiger partial charge on any atom is 0.137 e. The summed E-state index contributed by atoms with van der Waals surface area (Å²) in [6.45, 7) is 0.107. The van der Waals surface area contributed by atoms with Crippen molar-refractivity contribution in [2.45, 2.75) is 12.5 Å². The number of benzene rings is 1. The van der Waals surface area contributed by atoms with Crippen molar-refractivity contribution >= 4 is 28.5 Å². The second kappa shape index (κ2) is 6.68. The van der Waals surface area contributed by atoms with E-state index in [9.17, 15) is 4.39 Å². The molecule has 19 heavy (non-hydrogen) atoms. The van der Waals surface area contributed by atoms with Crippen LogP contribution in [0.25, 0.3) is 10.9 Å². The first-order valence-corrected chi connectivity index (χ1v) is 7.40. The molecule has 0 aliphatic heterocycles. The molecule has 2 aromatic rings. The second-order valence-electron chi connectivity index (χ2n) is 4.19. The largest absolute Gasteiger partial charge is 0.396 e. The lowest BCUT2D eigenvalue weighted by Crippen LogP contribution is -2.24. The normalized spacial score (nSPS) is 12.6. The van der Waals surface area contributed by atoms with E-state index < -0.39 is 0 Å². The van der Waals surface area contributed by atoms with E-state index in [-0.39, 0.29) is 18.5 Å². The summed E-state index contributed by atoms with van der Waals surface area (Å²) in [7, 11) is 0. The van der Waals surface area contributed by atoms with Gasteiger partial charge in [-0.1, -0.05) is 0 Å². The summed E-state index contributed by atoms with van der Waals surface area (Å²) >= 11 is 1.69. The van der Waals surface area contributed by atoms with Crippen LogP contribution in [0.4, 0.5) is 10.2 Å². The number of anilines is 1. The highest BCUT2D eigenvalue weighted by molar-refractivity contribution is 7.98. The molecule has 0 amide bonds. The van der Waals surface area contributed by atoms with Gasteiger partial charge in [-0.05, 0) is 30.9 Å². The average Bonchev–Trinajstić information content (AvgIpc) is 2.40. The Morgan fingerprint density at radius 2 is 2.26 bits per heavy atom. The Balaban J connectivity index is 2.30. The van der Waals surface area contributed by atoms with Gasteiger partial charge in [-0.2, -0.15) is 11.8 Å². The molecule has 0 aliphatic carbocycles. The number of hydrogen-bond donors (Lipinski definition) is 2. The molecule has 0 radical (unpaired) electrons. The number of nitrogens with zero attached hydrogens (tertiary/aromatic N) is 2. The average molecular weight is 281 g/mol. The monoisotopic (exact) mass is 281 g/mol. The van der Waals surface area contributed by atoms with Gasteiger partial charge >= 0.3 is 0 Å². The molecule has 1 unspecified atom stereocenters. The van der Waals surface area contributed by atoms with Gasteiger partial charge < -0.3 is 10.4 Å². The minimum absolute atomic E-state index is 0.0985. The molecule has 1 atom stereocenters. The topological polar surface area (TPSA) is 58.0 Å². The molecular weight excluding hydrogens is 265 g/mol. The Bertz CT molecular complexity index is 546. The smallest absolute Gasteiger partial charge is 0.137 e. The van der Waals surface area contributed by atoms with E-state index in [2.05, 4.69) is 15.3 Å². The minimum Gasteiger partial charge on any atom is -0.396 e. The number of rotatable bonds is 6. The van der Waals surface area contributed by atoms with Crippen molar-refractivity contribution < 1.29 is 9.50 Å². The van der Waals surface area contributed by atoms with Gasteiger partial charge in [-0.15, -0.1) is 0 Å². The summed E-state index contributed by atoms with van der Waals surface area (Å²) in [5.41, 5.74) is 0.700. The standard InChI is InChI=1S/C13H16FN3OS/c1-19-7-10(4-5-18)17-13-11-6-9(14)2-3-12(11)15-8-16-13/h2-3,6,8,10,18H,4-5,7H2,1H3,(H,15,16,17). The first-order chi connectivity index (χ1) is 9.24. The van der Waals surface area contributed by atoms with Crippen molar-refractivity contribution in [1.29, 1.82) is 0 Å². The van der Waals surface area contributed by atoms with E-state index in [4.69, 9.17) is 5.11 Å². The van der Waals surface area contributed by atoms with E-state index in [0.29, 0.717) is 23.1 Å². The van der Waals surface area contributed by atoms with Gasteiger partial charge in [0.25, 0.3) is 0 Å². The molecule has 102 valence electrons. The Morgan fingerprint density at radius 3 is 3.00 bits per heavy atom. The molecule has 0 fully saturated rings. The first-order valence-electron chi connectivity index (χ1n) is 6.01. The van der Waals surface area contributed by atoms with Crippen molar-refractivity contribution in [2.75, 3.05) is 23.9 Å². The number of aliphatic hydroxyl groups excluding tert-OH is 1. The van der Waals surface area contributed by atoms with E-state index in [1.807, 2.05) is 6.26 Å². The molecular formula is C13H16FN3OS. The summed E-state index contributed by atoms with van der Waals surface area (Å²) in [6.07, 6.45) is 4.09. The van der Waals surface area contributed by atoms with Crippen LogP contribution in [0.15, 0.2) is 24.5 Å². The number of nitrogens with one attached hydrogen (secondary N) is 1. The van der Waals surface area contributed by atoms with Gasteiger partial charge in [0, 0.05) is 23.8 Å². The fraction of sp³-hybridized carbons (Fsp3) is 0.385. The summed E-state index contributed by atoms with van der Waals surface area (Å²) in [4.78, 5) is 8.28. The number of hydrogen-bond acceptors (Lipinski definition) is 5. The van der Waals surface area contributed by atoms with Gasteiger partial charge in [0.2, 0.25) is 0 Å². The number of fused-ring (bicyclic) bond motifs is 1. The summed E-state index contributed by atoms with van der Waals surface area (Å²) < 4.78 is 13.3. The first kappa shape index (κ1) is 14.0. The number of thioether (sulfide) groups is 1. The van der Waals surface area contributed by atoms with Gasteiger partial charge in [0.05, 0.1) is 5.52 Å². The van der Waals surface area contributed by atoms with E-state index in [0.717, 1.165) is 5.75 Å². The van der Waals surface area contributed by atoms with E-state index >= 15 is 0 Å². The lowest BCUT2D eigenvalue weighted by atomic mass is 10.2. The van der Waals surface area contributed by atoms with Crippen molar-refractivity contribution in [3.05, 3.63) is 30.3 Å². The quantitative estimate of drug-likeness (QED) is 0.851. The third-order valence-corrected chi connectivity index (χ3v) is 3.52. The van der Waals surface area contributed by atoms with Crippen LogP contribution >= 0.6 is 11.8 Å². The van der Waals surface area contributed by atoms with Crippen LogP contribution in [0.1, 0.15) is 6.42 Å². The Hall–Kier alpha value is -1.40. The van der Waals surface area contributed by atoms with Crippen molar-refractivity contribution in [1.82, 2.24) is 9.97 Å². The molecule has 1 aromatic carbocycles. The maximum absolute atomic E-state index is 13.3. The van der Waals surface area contributed by atoms with Gasteiger partial charge in [0.1, 0.15) is 18.0 Å². The van der Waals surface area contributed by atoms with Crippen LogP contribution in [0.3, 0.4) is 0 Å². The lowest BCUT2D eigenvalue weighted by molar-refractivity contribution is 0.282. The van der Waals surface area contributed by atoms with Crippen LogP contribution in [0.5, 0.6) is 0 Å². The Labute approximate surface area is 115 Å². The van der Waals surface area contributed by atoms with Crippen LogP contribution in [-0.2, 0) is 0 Å². The lowest BCUT2D eigenvalue weighted by Gasteiger charge is -2.18. The van der Waals surface area contributed by atoms with Crippen molar-refractivity contribution in [3.8, 4) is 0 Å². The highest BCUT2D eigenvalue weighted by Crippen LogP contribution is 2.21. The van der Waals surface area contributed by atoms with Crippen molar-refractivity contribution in [2.24, 2.45) is 0 Å². The SMILES string of the molecule is CSCC(CCO)Nc1ncnc2ccc(F)cc12. The third-order valence-electron chi connectivity index (χ3n) is 2.78. The highest BCUT2D eigenvalue weighted by Gasteiger charge is 2.11. The van der Waals surface area contributed by atoms with Gasteiger partial charge in [-0.3, -0.25) is 0 Å². The van der Waals surface area contributed by atoms with Crippen LogP contribution < -0.4 is 5.32 Å². The molecule has 0 bridgehead atoms.